The highest BCUT2D eigenvalue weighted by Gasteiger charge is 2.72. The summed E-state index contributed by atoms with van der Waals surface area (Å²) in [4.78, 5) is 26.2. The van der Waals surface area contributed by atoms with Crippen molar-refractivity contribution in [3.8, 4) is 0 Å². The number of hydrogen-bond donors (Lipinski definition) is 2. The molecule has 0 spiro atoms. The SMILES string of the molecule is C=CC1(C)CC(O)C2C(C)(O1)C(=O)CC1C(C)(C)C(O)CC(OC(=O)C(C)=CC)C21C. The van der Waals surface area contributed by atoms with Gasteiger partial charge in [-0.3, -0.25) is 4.79 Å². The van der Waals surface area contributed by atoms with Crippen molar-refractivity contribution < 1.29 is 29.3 Å². The van der Waals surface area contributed by atoms with Crippen LogP contribution in [0.15, 0.2) is 24.3 Å². The largest absolute Gasteiger partial charge is 0.458 e. The van der Waals surface area contributed by atoms with Crippen molar-refractivity contribution >= 4 is 11.8 Å². The van der Waals surface area contributed by atoms with Crippen molar-refractivity contribution in [3.63, 3.8) is 0 Å². The molecule has 0 aromatic carbocycles. The summed E-state index contributed by atoms with van der Waals surface area (Å²) in [7, 11) is 0. The van der Waals surface area contributed by atoms with Gasteiger partial charge in [0.2, 0.25) is 0 Å². The van der Waals surface area contributed by atoms with E-state index in [0.717, 1.165) is 0 Å². The van der Waals surface area contributed by atoms with Gasteiger partial charge in [-0.2, -0.15) is 0 Å². The second-order valence-electron chi connectivity index (χ2n) is 11.0. The topological polar surface area (TPSA) is 93.1 Å². The van der Waals surface area contributed by atoms with Gasteiger partial charge in [0, 0.05) is 36.2 Å². The molecule has 3 rings (SSSR count). The molecule has 1 aliphatic heterocycles. The number of aliphatic hydroxyl groups is 2. The predicted molar refractivity (Wildman–Crippen MR) is 117 cm³/mol. The van der Waals surface area contributed by atoms with Crippen molar-refractivity contribution in [1.82, 2.24) is 0 Å². The molecule has 2 N–H and O–H groups in total. The molecule has 0 aromatic heterocycles. The predicted octanol–water partition coefficient (Wildman–Crippen LogP) is 3.35. The molecular weight excluding hydrogens is 396 g/mol. The van der Waals surface area contributed by atoms with Crippen LogP contribution in [-0.2, 0) is 19.1 Å². The van der Waals surface area contributed by atoms with E-state index in [-0.39, 0.29) is 24.5 Å². The fraction of sp³-hybridized carbons (Fsp3) is 0.760. The summed E-state index contributed by atoms with van der Waals surface area (Å²) in [5.74, 6) is -1.41. The Morgan fingerprint density at radius 2 is 1.84 bits per heavy atom. The number of allylic oxidation sites excluding steroid dienone is 1. The Balaban J connectivity index is 2.16. The lowest BCUT2D eigenvalue weighted by atomic mass is 9.42. The summed E-state index contributed by atoms with van der Waals surface area (Å²) >= 11 is 0. The molecule has 6 heteroatoms. The molecule has 0 bridgehead atoms. The number of carbonyl (C=O) groups excluding carboxylic acids is 2. The second kappa shape index (κ2) is 7.53. The zero-order valence-corrected chi connectivity index (χ0v) is 19.9. The molecule has 2 aliphatic carbocycles. The fourth-order valence-corrected chi connectivity index (χ4v) is 6.67. The van der Waals surface area contributed by atoms with Gasteiger partial charge in [0.25, 0.3) is 0 Å². The maximum Gasteiger partial charge on any atom is 0.333 e. The Bertz CT molecular complexity index is 815. The van der Waals surface area contributed by atoms with Gasteiger partial charge >= 0.3 is 5.97 Å². The quantitative estimate of drug-likeness (QED) is 0.402. The maximum absolute atomic E-state index is 13.5. The van der Waals surface area contributed by atoms with Gasteiger partial charge in [-0.25, -0.2) is 4.79 Å². The van der Waals surface area contributed by atoms with Gasteiger partial charge < -0.3 is 19.7 Å². The van der Waals surface area contributed by atoms with Crippen LogP contribution in [0.25, 0.3) is 0 Å². The summed E-state index contributed by atoms with van der Waals surface area (Å²) in [5, 5.41) is 22.4. The Morgan fingerprint density at radius 3 is 2.39 bits per heavy atom. The van der Waals surface area contributed by atoms with Crippen LogP contribution in [0.5, 0.6) is 0 Å². The molecule has 8 unspecified atom stereocenters. The summed E-state index contributed by atoms with van der Waals surface area (Å²) in [6.07, 6.45) is 1.80. The number of hydrogen-bond acceptors (Lipinski definition) is 6. The number of aliphatic hydroxyl groups excluding tert-OH is 2. The van der Waals surface area contributed by atoms with E-state index < -0.39 is 52.2 Å². The van der Waals surface area contributed by atoms with E-state index in [9.17, 15) is 19.8 Å². The molecule has 8 atom stereocenters. The average Bonchev–Trinajstić information content (AvgIpc) is 2.67. The van der Waals surface area contributed by atoms with Crippen molar-refractivity contribution in [1.29, 1.82) is 0 Å². The highest BCUT2D eigenvalue weighted by Crippen LogP contribution is 2.65. The molecule has 1 saturated heterocycles. The average molecular weight is 435 g/mol. The molecule has 1 heterocycles. The zero-order valence-electron chi connectivity index (χ0n) is 19.9. The molecule has 3 fully saturated rings. The molecule has 174 valence electrons. The number of esters is 1. The van der Waals surface area contributed by atoms with E-state index in [0.29, 0.717) is 12.0 Å². The maximum atomic E-state index is 13.5. The second-order valence-corrected chi connectivity index (χ2v) is 11.0. The number of fused-ring (bicyclic) bond motifs is 3. The van der Waals surface area contributed by atoms with Crippen LogP contribution in [0, 0.1) is 22.7 Å². The first kappa shape index (κ1) is 24.1. The van der Waals surface area contributed by atoms with E-state index in [1.165, 1.54) is 0 Å². The minimum absolute atomic E-state index is 0.0938. The zero-order chi connectivity index (χ0) is 23.6. The van der Waals surface area contributed by atoms with E-state index in [4.69, 9.17) is 9.47 Å². The molecule has 6 nitrogen and oxygen atoms in total. The Hall–Kier alpha value is -1.50. The number of ether oxygens (including phenoxy) is 2. The van der Waals surface area contributed by atoms with Crippen LogP contribution >= 0.6 is 0 Å². The van der Waals surface area contributed by atoms with Gasteiger partial charge in [-0.15, -0.1) is 6.58 Å². The summed E-state index contributed by atoms with van der Waals surface area (Å²) < 4.78 is 12.4. The lowest BCUT2D eigenvalue weighted by Crippen LogP contribution is -2.74. The lowest BCUT2D eigenvalue weighted by molar-refractivity contribution is -0.294. The molecule has 0 radical (unpaired) electrons. The third-order valence-corrected chi connectivity index (χ3v) is 8.73. The van der Waals surface area contributed by atoms with E-state index in [2.05, 4.69) is 6.58 Å². The van der Waals surface area contributed by atoms with E-state index >= 15 is 0 Å². The Kier molecular flexibility index (Phi) is 5.87. The fourth-order valence-electron chi connectivity index (χ4n) is 6.67. The molecule has 3 aliphatic rings. The van der Waals surface area contributed by atoms with Crippen molar-refractivity contribution in [2.45, 2.75) is 97.2 Å². The van der Waals surface area contributed by atoms with Crippen LogP contribution in [-0.4, -0.2) is 51.5 Å². The summed E-state index contributed by atoms with van der Waals surface area (Å²) in [6, 6.07) is 0. The van der Waals surface area contributed by atoms with Gasteiger partial charge in [-0.1, -0.05) is 32.9 Å². The van der Waals surface area contributed by atoms with Gasteiger partial charge in [0.1, 0.15) is 11.7 Å². The molecule has 0 amide bonds. The normalized spacial score (nSPS) is 47.2. The molecule has 31 heavy (non-hydrogen) atoms. The van der Waals surface area contributed by atoms with Crippen LogP contribution in [0.4, 0.5) is 0 Å². The first-order valence-corrected chi connectivity index (χ1v) is 11.2. The number of rotatable bonds is 3. The smallest absolute Gasteiger partial charge is 0.333 e. The lowest BCUT2D eigenvalue weighted by Gasteiger charge is -2.67. The monoisotopic (exact) mass is 434 g/mol. The van der Waals surface area contributed by atoms with Gasteiger partial charge in [-0.05, 0) is 39.0 Å². The third-order valence-electron chi connectivity index (χ3n) is 8.73. The highest BCUT2D eigenvalue weighted by atomic mass is 16.5. The number of Topliss-reactive ketones (excluding diaryl/α,β-unsaturated/α-hetero) is 1. The van der Waals surface area contributed by atoms with E-state index in [1.54, 1.807) is 32.9 Å². The number of ketones is 1. The van der Waals surface area contributed by atoms with Crippen LogP contribution < -0.4 is 0 Å². The van der Waals surface area contributed by atoms with Crippen LogP contribution in [0.1, 0.15) is 67.7 Å². The highest BCUT2D eigenvalue weighted by molar-refractivity contribution is 5.90. The summed E-state index contributed by atoms with van der Waals surface area (Å²) in [5.41, 5.74) is -2.96. The van der Waals surface area contributed by atoms with Crippen molar-refractivity contribution in [2.24, 2.45) is 22.7 Å². The van der Waals surface area contributed by atoms with Crippen molar-refractivity contribution in [3.05, 3.63) is 24.3 Å². The molecular formula is C25H38O6. The Labute approximate surface area is 185 Å². The first-order chi connectivity index (χ1) is 14.2. The standard InChI is InChI=1S/C25H38O6/c1-9-14(3)21(29)30-19-12-17(27)22(4,5)16-11-18(28)25(8)20(24(16,19)7)15(26)13-23(6,10-2)31-25/h9-10,15-17,19-20,26-27H,2,11-13H2,1,3-8H3. The molecule has 0 aromatic rings. The number of carbonyl (C=O) groups is 2. The Morgan fingerprint density at radius 1 is 1.23 bits per heavy atom. The third kappa shape index (κ3) is 3.42. The van der Waals surface area contributed by atoms with E-state index in [1.807, 2.05) is 27.7 Å². The molecule has 2 saturated carbocycles. The van der Waals surface area contributed by atoms with Crippen molar-refractivity contribution in [2.75, 3.05) is 0 Å². The van der Waals surface area contributed by atoms with Crippen LogP contribution in [0.2, 0.25) is 0 Å². The van der Waals surface area contributed by atoms with Crippen LogP contribution in [0.3, 0.4) is 0 Å². The first-order valence-electron chi connectivity index (χ1n) is 11.2. The minimum atomic E-state index is -1.25. The van der Waals surface area contributed by atoms with Gasteiger partial charge in [0.15, 0.2) is 5.78 Å². The van der Waals surface area contributed by atoms with Gasteiger partial charge in [0.05, 0.1) is 17.8 Å². The summed E-state index contributed by atoms with van der Waals surface area (Å²) in [6.45, 7) is 16.8. The minimum Gasteiger partial charge on any atom is -0.458 e.